The lowest BCUT2D eigenvalue weighted by Gasteiger charge is -2.14. The van der Waals surface area contributed by atoms with E-state index in [4.69, 9.17) is 4.74 Å². The molecule has 1 heterocycles. The molecule has 0 aromatic heterocycles. The predicted molar refractivity (Wildman–Crippen MR) is 51.7 cm³/mol. The molecule has 64 valence electrons. The molecule has 0 amide bonds. The molecule has 2 nitrogen and oxygen atoms in total. The van der Waals surface area contributed by atoms with Crippen molar-refractivity contribution in [1.82, 2.24) is 0 Å². The zero-order valence-electron chi connectivity index (χ0n) is 6.84. The van der Waals surface area contributed by atoms with Gasteiger partial charge in [-0.15, -0.1) is 0 Å². The van der Waals surface area contributed by atoms with Gasteiger partial charge in [-0.1, -0.05) is 36.4 Å². The first-order chi connectivity index (χ1) is 5.20. The first kappa shape index (κ1) is 9.29. The minimum absolute atomic E-state index is 0.0153. The minimum Gasteiger partial charge on any atom is -0.461 e. The van der Waals surface area contributed by atoms with Gasteiger partial charge in [-0.05, 0) is 6.42 Å². The van der Waals surface area contributed by atoms with E-state index in [1.165, 1.54) is 0 Å². The van der Waals surface area contributed by atoms with Crippen molar-refractivity contribution in [2.75, 3.05) is 4.43 Å². The van der Waals surface area contributed by atoms with Crippen molar-refractivity contribution in [2.45, 2.75) is 26.4 Å². The summed E-state index contributed by atoms with van der Waals surface area (Å²) in [5.74, 6) is 0.540. The third kappa shape index (κ3) is 1.68. The van der Waals surface area contributed by atoms with Gasteiger partial charge in [-0.25, -0.2) is 0 Å². The summed E-state index contributed by atoms with van der Waals surface area (Å²) in [5.41, 5.74) is 0. The summed E-state index contributed by atoms with van der Waals surface area (Å²) >= 11 is 2.27. The van der Waals surface area contributed by atoms with Crippen LogP contribution < -0.4 is 0 Å². The lowest BCUT2D eigenvalue weighted by molar-refractivity contribution is -0.143. The lowest BCUT2D eigenvalue weighted by Crippen LogP contribution is -2.19. The van der Waals surface area contributed by atoms with Crippen LogP contribution in [0.2, 0.25) is 0 Å². The molecule has 0 bridgehead atoms. The van der Waals surface area contributed by atoms with E-state index in [-0.39, 0.29) is 18.0 Å². The molecular formula is C8H13IO2. The highest BCUT2D eigenvalue weighted by Gasteiger charge is 2.39. The third-order valence-electron chi connectivity index (χ3n) is 2.38. The summed E-state index contributed by atoms with van der Waals surface area (Å²) in [6.45, 7) is 4.07. The van der Waals surface area contributed by atoms with E-state index in [1.54, 1.807) is 0 Å². The second-order valence-corrected chi connectivity index (χ2v) is 3.87. The fourth-order valence-corrected chi connectivity index (χ4v) is 2.44. The molecule has 0 spiro atoms. The molecule has 1 aliphatic heterocycles. The van der Waals surface area contributed by atoms with Gasteiger partial charge in [0.25, 0.3) is 0 Å². The van der Waals surface area contributed by atoms with Gasteiger partial charge in [0.05, 0.1) is 5.92 Å². The average Bonchev–Trinajstić information content (AvgIpc) is 2.28. The van der Waals surface area contributed by atoms with Gasteiger partial charge in [0.2, 0.25) is 0 Å². The number of carbonyl (C=O) groups is 1. The highest BCUT2D eigenvalue weighted by molar-refractivity contribution is 14.1. The molecule has 0 aromatic carbocycles. The predicted octanol–water partition coefficient (Wildman–Crippen LogP) is 2.01. The third-order valence-corrected chi connectivity index (χ3v) is 3.25. The summed E-state index contributed by atoms with van der Waals surface area (Å²) in [4.78, 5) is 11.1. The molecule has 1 rings (SSSR count). The second-order valence-electron chi connectivity index (χ2n) is 2.99. The fraction of sp³-hybridized carbons (Fsp3) is 0.875. The van der Waals surface area contributed by atoms with Crippen LogP contribution in [0.3, 0.4) is 0 Å². The Hall–Kier alpha value is 0.200. The van der Waals surface area contributed by atoms with Crippen LogP contribution in [0.25, 0.3) is 0 Å². The molecule has 3 heteroatoms. The van der Waals surface area contributed by atoms with Crippen molar-refractivity contribution in [2.24, 2.45) is 11.8 Å². The van der Waals surface area contributed by atoms with Crippen LogP contribution in [0.5, 0.6) is 0 Å². The Morgan fingerprint density at radius 1 is 1.64 bits per heavy atom. The number of hydrogen-bond donors (Lipinski definition) is 0. The number of alkyl halides is 1. The van der Waals surface area contributed by atoms with Gasteiger partial charge in [0.1, 0.15) is 6.10 Å². The quantitative estimate of drug-likeness (QED) is 0.435. The number of cyclic esters (lactones) is 1. The standard InChI is InChI=1S/C8H13IO2/c1-3-6-5(2)8(10)11-7(6)4-9/h5-7H,3-4H2,1-2H3/t5-,6+,7-/m0/s1. The van der Waals surface area contributed by atoms with Crippen LogP contribution in [0.15, 0.2) is 0 Å². The number of hydrogen-bond acceptors (Lipinski definition) is 2. The Kier molecular flexibility index (Phi) is 3.16. The van der Waals surface area contributed by atoms with E-state index in [1.807, 2.05) is 6.92 Å². The SMILES string of the molecule is CC[C@H]1[C@H](CI)OC(=O)[C@H]1C. The summed E-state index contributed by atoms with van der Waals surface area (Å²) in [5, 5.41) is 0. The van der Waals surface area contributed by atoms with Crippen LogP contribution >= 0.6 is 22.6 Å². The smallest absolute Gasteiger partial charge is 0.309 e. The van der Waals surface area contributed by atoms with Crippen LogP contribution in [-0.2, 0) is 9.53 Å². The van der Waals surface area contributed by atoms with Gasteiger partial charge in [-0.3, -0.25) is 4.79 Å². The van der Waals surface area contributed by atoms with Crippen LogP contribution in [-0.4, -0.2) is 16.5 Å². The Morgan fingerprint density at radius 3 is 2.64 bits per heavy atom. The van der Waals surface area contributed by atoms with Gasteiger partial charge >= 0.3 is 5.97 Å². The first-order valence-electron chi connectivity index (χ1n) is 3.97. The van der Waals surface area contributed by atoms with Crippen molar-refractivity contribution in [3.05, 3.63) is 0 Å². The number of ether oxygens (including phenoxy) is 1. The molecule has 1 saturated heterocycles. The maximum absolute atomic E-state index is 11.1. The topological polar surface area (TPSA) is 26.3 Å². The van der Waals surface area contributed by atoms with Crippen LogP contribution in [0.1, 0.15) is 20.3 Å². The monoisotopic (exact) mass is 268 g/mol. The second kappa shape index (κ2) is 3.74. The highest BCUT2D eigenvalue weighted by Crippen LogP contribution is 2.31. The number of halogens is 1. The van der Waals surface area contributed by atoms with E-state index >= 15 is 0 Å². The van der Waals surface area contributed by atoms with Crippen LogP contribution in [0.4, 0.5) is 0 Å². The van der Waals surface area contributed by atoms with Crippen molar-refractivity contribution < 1.29 is 9.53 Å². The van der Waals surface area contributed by atoms with Crippen LogP contribution in [0, 0.1) is 11.8 Å². The summed E-state index contributed by atoms with van der Waals surface area (Å²) in [7, 11) is 0. The Bertz CT molecular complexity index is 158. The van der Waals surface area contributed by atoms with Gasteiger partial charge in [0.15, 0.2) is 0 Å². The van der Waals surface area contributed by atoms with Gasteiger partial charge < -0.3 is 4.74 Å². The molecule has 0 radical (unpaired) electrons. The van der Waals surface area contributed by atoms with E-state index in [0.717, 1.165) is 10.8 Å². The average molecular weight is 268 g/mol. The Labute approximate surface area is 80.8 Å². The fourth-order valence-electron chi connectivity index (χ4n) is 1.60. The van der Waals surface area contributed by atoms with Crippen molar-refractivity contribution in [3.63, 3.8) is 0 Å². The molecule has 0 saturated carbocycles. The maximum Gasteiger partial charge on any atom is 0.309 e. The van der Waals surface area contributed by atoms with E-state index in [2.05, 4.69) is 29.5 Å². The highest BCUT2D eigenvalue weighted by atomic mass is 127. The molecular weight excluding hydrogens is 255 g/mol. The molecule has 1 fully saturated rings. The minimum atomic E-state index is -0.0153. The van der Waals surface area contributed by atoms with Crippen molar-refractivity contribution in [3.8, 4) is 0 Å². The molecule has 11 heavy (non-hydrogen) atoms. The zero-order valence-corrected chi connectivity index (χ0v) is 9.00. The molecule has 0 N–H and O–H groups in total. The lowest BCUT2D eigenvalue weighted by atomic mass is 9.90. The molecule has 0 aliphatic carbocycles. The molecule has 1 aliphatic rings. The summed E-state index contributed by atoms with van der Waals surface area (Å²) < 4.78 is 6.10. The molecule has 3 atom stereocenters. The first-order valence-corrected chi connectivity index (χ1v) is 5.49. The van der Waals surface area contributed by atoms with Gasteiger partial charge in [0, 0.05) is 10.3 Å². The number of rotatable bonds is 2. The molecule has 0 unspecified atom stereocenters. The van der Waals surface area contributed by atoms with Gasteiger partial charge in [-0.2, -0.15) is 0 Å². The van der Waals surface area contributed by atoms with E-state index < -0.39 is 0 Å². The van der Waals surface area contributed by atoms with Crippen molar-refractivity contribution in [1.29, 1.82) is 0 Å². The number of carbonyl (C=O) groups excluding carboxylic acids is 1. The Balaban J connectivity index is 2.64. The normalized spacial score (nSPS) is 37.4. The summed E-state index contributed by atoms with van der Waals surface area (Å²) in [6.07, 6.45) is 1.21. The largest absolute Gasteiger partial charge is 0.461 e. The zero-order chi connectivity index (χ0) is 8.43. The van der Waals surface area contributed by atoms with E-state index in [0.29, 0.717) is 5.92 Å². The number of esters is 1. The molecule has 0 aromatic rings. The summed E-state index contributed by atoms with van der Waals surface area (Å²) in [6, 6.07) is 0. The van der Waals surface area contributed by atoms with Crippen molar-refractivity contribution >= 4 is 28.6 Å². The Morgan fingerprint density at radius 2 is 2.27 bits per heavy atom. The van der Waals surface area contributed by atoms with E-state index in [9.17, 15) is 4.79 Å². The maximum atomic E-state index is 11.1.